The monoisotopic (exact) mass is 269 g/mol. The first-order valence-corrected chi connectivity index (χ1v) is 6.74. The Labute approximate surface area is 118 Å². The maximum atomic E-state index is 11.9. The van der Waals surface area contributed by atoms with E-state index in [-0.39, 0.29) is 5.91 Å². The Kier molecular flexibility index (Phi) is 4.80. The molecule has 0 aliphatic carbocycles. The summed E-state index contributed by atoms with van der Waals surface area (Å²) in [6.07, 6.45) is 9.03. The van der Waals surface area contributed by atoms with Crippen molar-refractivity contribution in [1.82, 2.24) is 10.3 Å². The van der Waals surface area contributed by atoms with Crippen LogP contribution in [-0.4, -0.2) is 23.5 Å². The minimum Gasteiger partial charge on any atom is -0.361 e. The lowest BCUT2D eigenvalue weighted by Crippen LogP contribution is -2.42. The lowest BCUT2D eigenvalue weighted by Gasteiger charge is -2.11. The van der Waals surface area contributed by atoms with E-state index in [0.717, 1.165) is 22.9 Å². The van der Waals surface area contributed by atoms with Crippen LogP contribution in [0.4, 0.5) is 0 Å². The normalized spacial score (nSPS) is 12.0. The fourth-order valence-electron chi connectivity index (χ4n) is 2.16. The number of amides is 1. The molecule has 0 fully saturated rings. The molecule has 0 radical (unpaired) electrons. The van der Waals surface area contributed by atoms with Gasteiger partial charge in [-0.3, -0.25) is 4.79 Å². The van der Waals surface area contributed by atoms with Gasteiger partial charge >= 0.3 is 0 Å². The maximum absolute atomic E-state index is 11.9. The van der Waals surface area contributed by atoms with E-state index < -0.39 is 6.04 Å². The standard InChI is InChI=1S/C16H19N3O/c1-2-3-6-9-18-16(20)14(17)10-12-11-19-15-8-5-4-7-13(12)15/h1,4-5,7-8,11,14,19H,3,6,9-10,17H2,(H,18,20). The second-order valence-corrected chi connectivity index (χ2v) is 4.77. The number of carbonyl (C=O) groups excluding carboxylic acids is 1. The molecule has 1 atom stereocenters. The fourth-order valence-corrected chi connectivity index (χ4v) is 2.16. The van der Waals surface area contributed by atoms with Crippen LogP contribution in [0.25, 0.3) is 10.9 Å². The second-order valence-electron chi connectivity index (χ2n) is 4.77. The number of nitrogens with one attached hydrogen (secondary N) is 2. The molecule has 1 aromatic heterocycles. The van der Waals surface area contributed by atoms with Crippen molar-refractivity contribution in [2.75, 3.05) is 6.54 Å². The van der Waals surface area contributed by atoms with Crippen LogP contribution in [0.1, 0.15) is 18.4 Å². The number of fused-ring (bicyclic) bond motifs is 1. The quantitative estimate of drug-likeness (QED) is 0.550. The van der Waals surface area contributed by atoms with E-state index in [1.807, 2.05) is 30.5 Å². The molecule has 104 valence electrons. The first kappa shape index (κ1) is 14.2. The third-order valence-electron chi connectivity index (χ3n) is 3.25. The van der Waals surface area contributed by atoms with Crippen LogP contribution in [0.2, 0.25) is 0 Å². The van der Waals surface area contributed by atoms with Crippen LogP contribution in [-0.2, 0) is 11.2 Å². The zero-order valence-corrected chi connectivity index (χ0v) is 11.4. The molecule has 4 nitrogen and oxygen atoms in total. The Morgan fingerprint density at radius 2 is 2.25 bits per heavy atom. The van der Waals surface area contributed by atoms with Gasteiger partial charge in [-0.05, 0) is 24.5 Å². The number of hydrogen-bond donors (Lipinski definition) is 3. The van der Waals surface area contributed by atoms with Gasteiger partial charge in [-0.2, -0.15) is 0 Å². The Balaban J connectivity index is 1.92. The van der Waals surface area contributed by atoms with Gasteiger partial charge in [0.05, 0.1) is 6.04 Å². The summed E-state index contributed by atoms with van der Waals surface area (Å²) in [5, 5.41) is 3.92. The summed E-state index contributed by atoms with van der Waals surface area (Å²) >= 11 is 0. The summed E-state index contributed by atoms with van der Waals surface area (Å²) < 4.78 is 0. The Hall–Kier alpha value is -2.25. The van der Waals surface area contributed by atoms with Crippen molar-refractivity contribution in [2.45, 2.75) is 25.3 Å². The number of rotatable bonds is 6. The Morgan fingerprint density at radius 3 is 3.05 bits per heavy atom. The van der Waals surface area contributed by atoms with Crippen LogP contribution in [0.5, 0.6) is 0 Å². The highest BCUT2D eigenvalue weighted by Gasteiger charge is 2.15. The predicted molar refractivity (Wildman–Crippen MR) is 81.1 cm³/mol. The highest BCUT2D eigenvalue weighted by Crippen LogP contribution is 2.18. The molecule has 1 heterocycles. The first-order valence-electron chi connectivity index (χ1n) is 6.74. The van der Waals surface area contributed by atoms with Crippen molar-refractivity contribution in [1.29, 1.82) is 0 Å². The zero-order valence-electron chi connectivity index (χ0n) is 11.4. The third kappa shape index (κ3) is 3.40. The molecule has 20 heavy (non-hydrogen) atoms. The van der Waals surface area contributed by atoms with Crippen molar-refractivity contribution in [3.63, 3.8) is 0 Å². The number of para-hydroxylation sites is 1. The number of carbonyl (C=O) groups is 1. The van der Waals surface area contributed by atoms with E-state index in [1.54, 1.807) is 0 Å². The van der Waals surface area contributed by atoms with Gasteiger partial charge in [0.25, 0.3) is 0 Å². The summed E-state index contributed by atoms with van der Waals surface area (Å²) in [7, 11) is 0. The number of H-pyrrole nitrogens is 1. The highest BCUT2D eigenvalue weighted by atomic mass is 16.2. The van der Waals surface area contributed by atoms with Gasteiger partial charge < -0.3 is 16.0 Å². The molecule has 0 aliphatic heterocycles. The van der Waals surface area contributed by atoms with E-state index >= 15 is 0 Å². The van der Waals surface area contributed by atoms with Gasteiger partial charge in [-0.15, -0.1) is 12.3 Å². The van der Waals surface area contributed by atoms with Crippen LogP contribution in [0, 0.1) is 12.3 Å². The molecule has 4 N–H and O–H groups in total. The average Bonchev–Trinajstić information content (AvgIpc) is 2.87. The average molecular weight is 269 g/mol. The number of aromatic nitrogens is 1. The van der Waals surface area contributed by atoms with E-state index in [9.17, 15) is 4.79 Å². The van der Waals surface area contributed by atoms with Gasteiger partial charge in [0, 0.05) is 30.1 Å². The fraction of sp³-hybridized carbons (Fsp3) is 0.312. The molecular formula is C16H19N3O. The first-order chi connectivity index (χ1) is 9.72. The largest absolute Gasteiger partial charge is 0.361 e. The number of nitrogens with two attached hydrogens (primary N) is 1. The van der Waals surface area contributed by atoms with Gasteiger partial charge in [0.2, 0.25) is 5.91 Å². The lowest BCUT2D eigenvalue weighted by molar-refractivity contribution is -0.122. The lowest BCUT2D eigenvalue weighted by atomic mass is 10.1. The molecular weight excluding hydrogens is 250 g/mol. The third-order valence-corrected chi connectivity index (χ3v) is 3.25. The molecule has 0 spiro atoms. The van der Waals surface area contributed by atoms with Crippen LogP contribution >= 0.6 is 0 Å². The smallest absolute Gasteiger partial charge is 0.237 e. The molecule has 0 bridgehead atoms. The number of hydrogen-bond acceptors (Lipinski definition) is 2. The van der Waals surface area contributed by atoms with Crippen molar-refractivity contribution in [3.05, 3.63) is 36.0 Å². The highest BCUT2D eigenvalue weighted by molar-refractivity contribution is 5.86. The molecule has 1 unspecified atom stereocenters. The Morgan fingerprint density at radius 1 is 1.45 bits per heavy atom. The number of benzene rings is 1. The van der Waals surface area contributed by atoms with Gasteiger partial charge in [0.15, 0.2) is 0 Å². The number of aromatic amines is 1. The SMILES string of the molecule is C#CCCCNC(=O)C(N)Cc1c[nH]c2ccccc12. The van der Waals surface area contributed by atoms with Crippen molar-refractivity contribution in [3.8, 4) is 12.3 Å². The van der Waals surface area contributed by atoms with Gasteiger partial charge in [-0.25, -0.2) is 0 Å². The van der Waals surface area contributed by atoms with E-state index in [1.165, 1.54) is 0 Å². The number of terminal acetylenes is 1. The molecule has 1 amide bonds. The van der Waals surface area contributed by atoms with Crippen molar-refractivity contribution >= 4 is 16.8 Å². The topological polar surface area (TPSA) is 70.9 Å². The summed E-state index contributed by atoms with van der Waals surface area (Å²) in [4.78, 5) is 15.1. The minimum absolute atomic E-state index is 0.132. The maximum Gasteiger partial charge on any atom is 0.237 e. The Bertz CT molecular complexity index is 624. The van der Waals surface area contributed by atoms with Crippen LogP contribution in [0.3, 0.4) is 0 Å². The van der Waals surface area contributed by atoms with E-state index in [2.05, 4.69) is 16.2 Å². The van der Waals surface area contributed by atoms with Gasteiger partial charge in [0.1, 0.15) is 0 Å². The predicted octanol–water partition coefficient (Wildman–Crippen LogP) is 1.57. The molecule has 0 saturated carbocycles. The molecule has 0 aliphatic rings. The molecule has 2 rings (SSSR count). The van der Waals surface area contributed by atoms with Crippen LogP contribution in [0.15, 0.2) is 30.5 Å². The molecule has 1 aromatic carbocycles. The van der Waals surface area contributed by atoms with E-state index in [4.69, 9.17) is 12.2 Å². The van der Waals surface area contributed by atoms with E-state index in [0.29, 0.717) is 19.4 Å². The summed E-state index contributed by atoms with van der Waals surface area (Å²) in [5.74, 6) is 2.41. The van der Waals surface area contributed by atoms with Crippen molar-refractivity contribution < 1.29 is 4.79 Å². The van der Waals surface area contributed by atoms with Crippen LogP contribution < -0.4 is 11.1 Å². The second kappa shape index (κ2) is 6.78. The molecule has 4 heteroatoms. The summed E-state index contributed by atoms with van der Waals surface area (Å²) in [5.41, 5.74) is 8.07. The zero-order chi connectivity index (χ0) is 14.4. The number of unbranched alkanes of at least 4 members (excludes halogenated alkanes) is 1. The van der Waals surface area contributed by atoms with Gasteiger partial charge in [-0.1, -0.05) is 18.2 Å². The minimum atomic E-state index is -0.542. The summed E-state index contributed by atoms with van der Waals surface area (Å²) in [6, 6.07) is 7.44. The molecule has 2 aromatic rings. The molecule has 0 saturated heterocycles. The van der Waals surface area contributed by atoms with Crippen molar-refractivity contribution in [2.24, 2.45) is 5.73 Å². The summed E-state index contributed by atoms with van der Waals surface area (Å²) in [6.45, 7) is 0.574.